The van der Waals surface area contributed by atoms with E-state index >= 15 is 0 Å². The van der Waals surface area contributed by atoms with Gasteiger partial charge < -0.3 is 94.1 Å². The molecule has 0 saturated carbocycles. The van der Waals surface area contributed by atoms with Crippen LogP contribution < -0.4 is 0 Å². The van der Waals surface area contributed by atoms with E-state index in [9.17, 15) is 0 Å². The summed E-state index contributed by atoms with van der Waals surface area (Å²) in [5.41, 5.74) is 0. The molecule has 24 heteroatoms. The van der Waals surface area contributed by atoms with Crippen LogP contribution in [-0.2, 0) is 33.0 Å². The zero-order valence-corrected chi connectivity index (χ0v) is 12.3. The predicted octanol–water partition coefficient (Wildman–Crippen LogP) is -5.91. The third-order valence-electron chi connectivity index (χ3n) is 0. The van der Waals surface area contributed by atoms with E-state index in [1.807, 2.05) is 0 Å². The Kier molecular flexibility index (Phi) is 358. The van der Waals surface area contributed by atoms with Gasteiger partial charge in [0.2, 0.25) is 0 Å². The van der Waals surface area contributed by atoms with E-state index in [2.05, 4.69) is 0 Å². The molecule has 0 aliphatic carbocycles. The fraction of sp³-hybridized carbons (Fsp3) is 0. The van der Waals surface area contributed by atoms with Crippen LogP contribution in [0.25, 0.3) is 0 Å². The summed E-state index contributed by atoms with van der Waals surface area (Å²) < 4.78 is 0. The normalized spacial score (nSPS) is 4.00. The largest absolute Gasteiger partial charge is 2.00 e. The minimum Gasteiger partial charge on any atom is -0.412 e. The van der Waals surface area contributed by atoms with Crippen molar-refractivity contribution >= 4 is 0 Å². The Morgan fingerprint density at radius 3 is 0.333 bits per heavy atom. The maximum atomic E-state index is 8.25. The topological polar surface area (TPSA) is 454 Å². The molecule has 0 amide bonds. The Hall–Kier alpha value is -2.45. The average Bonchev–Trinajstić information content (AvgIpc) is 1.76. The van der Waals surface area contributed by atoms with Gasteiger partial charge in [-0.3, -0.25) is 0 Å². The second-order valence-electron chi connectivity index (χ2n) is 0.894. The van der Waals surface area contributed by atoms with Crippen molar-refractivity contribution < 1.29 is 86.2 Å². The maximum absolute atomic E-state index is 8.25. The monoisotopic (exact) mass is 472 g/mol. The van der Waals surface area contributed by atoms with Gasteiger partial charge in [-0.05, 0) is 0 Å². The molecular formula is H12N4Ni2O18. The van der Waals surface area contributed by atoms with Crippen LogP contribution in [0.3, 0.4) is 0 Å². The van der Waals surface area contributed by atoms with Gasteiger partial charge >= 0.3 is 33.0 Å². The molecule has 0 aromatic heterocycles. The SMILES string of the molecule is O.O.O.O.O.O.O=[N+]([O-])[O-].O=[N+]([O-])[O-].O=[N+]([O-])[O-].O=[N+]([O-])[O-].[Ni+2].[Ni+2]. The molecule has 0 radical (unpaired) electrons. The van der Waals surface area contributed by atoms with Gasteiger partial charge in [-0.25, -0.2) is 0 Å². The molecule has 0 aromatic rings. The fourth-order valence-corrected chi connectivity index (χ4v) is 0. The average molecular weight is 473 g/mol. The molecule has 0 aromatic carbocycles. The van der Waals surface area contributed by atoms with Crippen molar-refractivity contribution in [3.05, 3.63) is 61.3 Å². The predicted molar refractivity (Wildman–Crippen MR) is 63.1 cm³/mol. The molecule has 0 aliphatic heterocycles. The minimum absolute atomic E-state index is 0. The summed E-state index contributed by atoms with van der Waals surface area (Å²) in [4.78, 5) is 33.0. The fourth-order valence-electron chi connectivity index (χ4n) is 0. The molecule has 0 atom stereocenters. The van der Waals surface area contributed by atoms with Crippen molar-refractivity contribution in [2.45, 2.75) is 0 Å². The molecular weight excluding hydrogens is 461 g/mol. The van der Waals surface area contributed by atoms with Crippen LogP contribution in [0, 0.1) is 61.3 Å². The van der Waals surface area contributed by atoms with E-state index in [1.54, 1.807) is 0 Å². The van der Waals surface area contributed by atoms with Gasteiger partial charge in [0.1, 0.15) is 0 Å². The van der Waals surface area contributed by atoms with Crippen molar-refractivity contribution in [3.8, 4) is 0 Å². The molecule has 24 heavy (non-hydrogen) atoms. The van der Waals surface area contributed by atoms with E-state index < -0.39 is 20.3 Å². The molecule has 0 rings (SSSR count). The Balaban J connectivity index is -0.00000000720. The molecule has 0 aliphatic rings. The third-order valence-corrected chi connectivity index (χ3v) is 0. The molecule has 160 valence electrons. The zero-order chi connectivity index (χ0) is 14.3. The number of rotatable bonds is 0. The molecule has 0 unspecified atom stereocenters. The third kappa shape index (κ3) is 1120. The maximum Gasteiger partial charge on any atom is 2.00 e. The Morgan fingerprint density at radius 1 is 0.333 bits per heavy atom. The molecule has 22 nitrogen and oxygen atoms in total. The van der Waals surface area contributed by atoms with Crippen LogP contribution in [0.2, 0.25) is 0 Å². The van der Waals surface area contributed by atoms with Gasteiger partial charge in [-0.2, -0.15) is 0 Å². The number of hydrogen-bond acceptors (Lipinski definition) is 12. The molecule has 0 saturated heterocycles. The van der Waals surface area contributed by atoms with Crippen LogP contribution in [0.5, 0.6) is 0 Å². The number of nitrogens with zero attached hydrogens (tertiary/aromatic N) is 4. The van der Waals surface area contributed by atoms with Gasteiger partial charge in [0.25, 0.3) is 0 Å². The van der Waals surface area contributed by atoms with Crippen LogP contribution in [0.1, 0.15) is 0 Å². The standard InChI is InChI=1S/4NO3.2Ni.6H2O/c4*2-1(3)4;;;;;;;;/h;;;;;;6*1H2/q4*-1;2*+2;;;;;;. The quantitative estimate of drug-likeness (QED) is 0.180. The summed E-state index contributed by atoms with van der Waals surface area (Å²) in [6.07, 6.45) is 0. The van der Waals surface area contributed by atoms with Crippen molar-refractivity contribution in [1.82, 2.24) is 0 Å². The first-order valence-corrected chi connectivity index (χ1v) is 2.19. The summed E-state index contributed by atoms with van der Waals surface area (Å²) in [5.74, 6) is 0. The van der Waals surface area contributed by atoms with Gasteiger partial charge in [0.05, 0.1) is 20.3 Å². The second kappa shape index (κ2) is 86.1. The van der Waals surface area contributed by atoms with E-state index in [1.165, 1.54) is 0 Å². The summed E-state index contributed by atoms with van der Waals surface area (Å²) >= 11 is 0. The Morgan fingerprint density at radius 2 is 0.333 bits per heavy atom. The summed E-state index contributed by atoms with van der Waals surface area (Å²) in [6.45, 7) is 0. The van der Waals surface area contributed by atoms with Crippen molar-refractivity contribution in [3.63, 3.8) is 0 Å². The summed E-state index contributed by atoms with van der Waals surface area (Å²) in [7, 11) is 0. The summed E-state index contributed by atoms with van der Waals surface area (Å²) in [5, 5.41) is 59.0. The van der Waals surface area contributed by atoms with Crippen molar-refractivity contribution in [1.29, 1.82) is 0 Å². The van der Waals surface area contributed by atoms with E-state index in [0.29, 0.717) is 0 Å². The van der Waals surface area contributed by atoms with Gasteiger partial charge in [-0.15, -0.1) is 0 Å². The number of hydrogen-bond donors (Lipinski definition) is 0. The second-order valence-corrected chi connectivity index (χ2v) is 0.894. The molecule has 0 fully saturated rings. The summed E-state index contributed by atoms with van der Waals surface area (Å²) in [6, 6.07) is 0. The van der Waals surface area contributed by atoms with Crippen LogP contribution in [0.15, 0.2) is 0 Å². The van der Waals surface area contributed by atoms with Crippen LogP contribution in [0.4, 0.5) is 0 Å². The van der Waals surface area contributed by atoms with E-state index in [0.717, 1.165) is 0 Å². The van der Waals surface area contributed by atoms with Gasteiger partial charge in [0, 0.05) is 0 Å². The van der Waals surface area contributed by atoms with Crippen LogP contribution >= 0.6 is 0 Å². The molecule has 0 bridgehead atoms. The van der Waals surface area contributed by atoms with Crippen molar-refractivity contribution in [2.24, 2.45) is 0 Å². The van der Waals surface area contributed by atoms with Crippen LogP contribution in [-0.4, -0.2) is 53.2 Å². The minimum atomic E-state index is -1.75. The smallest absolute Gasteiger partial charge is 0.412 e. The zero-order valence-electron chi connectivity index (χ0n) is 10.3. The van der Waals surface area contributed by atoms with Gasteiger partial charge in [-0.1, -0.05) is 0 Å². The van der Waals surface area contributed by atoms with E-state index in [4.69, 9.17) is 61.3 Å². The van der Waals surface area contributed by atoms with Crippen molar-refractivity contribution in [2.75, 3.05) is 0 Å². The molecule has 12 N–H and O–H groups in total. The van der Waals surface area contributed by atoms with Gasteiger partial charge in [0.15, 0.2) is 0 Å². The molecule has 0 heterocycles. The Labute approximate surface area is 148 Å². The molecule has 0 spiro atoms. The van der Waals surface area contributed by atoms with E-state index in [-0.39, 0.29) is 65.8 Å². The first-order valence-electron chi connectivity index (χ1n) is 2.19. The first kappa shape index (κ1) is 99.8. The Bertz CT molecular complexity index is 165. The first-order chi connectivity index (χ1) is 6.93.